The third kappa shape index (κ3) is 3.49. The Morgan fingerprint density at radius 3 is 2.62 bits per heavy atom. The first-order valence-corrected chi connectivity index (χ1v) is 6.64. The third-order valence-electron chi connectivity index (χ3n) is 2.66. The van der Waals surface area contributed by atoms with Gasteiger partial charge in [0, 0.05) is 10.6 Å². The van der Waals surface area contributed by atoms with Crippen LogP contribution in [0.1, 0.15) is 38.9 Å². The van der Waals surface area contributed by atoms with E-state index in [1.807, 2.05) is 0 Å². The number of hydrogen-bond donors (Lipinski definition) is 1. The van der Waals surface area contributed by atoms with Crippen LogP contribution >= 0.6 is 11.8 Å². The Hall–Kier alpha value is -0.540. The number of benzene rings is 1. The maximum absolute atomic E-state index is 13.6. The summed E-state index contributed by atoms with van der Waals surface area (Å²) in [6.45, 7) is 5.94. The lowest BCUT2D eigenvalue weighted by atomic mass is 10.1. The van der Waals surface area contributed by atoms with E-state index in [2.05, 4.69) is 13.8 Å². The summed E-state index contributed by atoms with van der Waals surface area (Å²) >= 11 is 1.50. The van der Waals surface area contributed by atoms with Crippen molar-refractivity contribution >= 4 is 11.8 Å². The molecule has 0 radical (unpaired) electrons. The van der Waals surface area contributed by atoms with Crippen LogP contribution in [0.15, 0.2) is 23.1 Å². The number of rotatable bonds is 5. The van der Waals surface area contributed by atoms with Gasteiger partial charge in [-0.1, -0.05) is 32.4 Å². The monoisotopic (exact) mass is 242 g/mol. The molecule has 0 fully saturated rings. The first-order valence-electron chi connectivity index (χ1n) is 5.65. The van der Waals surface area contributed by atoms with Crippen molar-refractivity contribution in [3.05, 3.63) is 29.6 Å². The number of halogens is 1. The maximum atomic E-state index is 13.6. The average Bonchev–Trinajstić information content (AvgIpc) is 2.26. The maximum Gasteiger partial charge on any atom is 0.137 e. The van der Waals surface area contributed by atoms with E-state index in [0.29, 0.717) is 16.4 Å². The van der Waals surface area contributed by atoms with Gasteiger partial charge in [-0.25, -0.2) is 4.39 Å². The second kappa shape index (κ2) is 6.26. The molecule has 0 aromatic heterocycles. The van der Waals surface area contributed by atoms with Gasteiger partial charge in [-0.2, -0.15) is 0 Å². The largest absolute Gasteiger partial charge is 0.389 e. The van der Waals surface area contributed by atoms with Gasteiger partial charge in [-0.3, -0.25) is 0 Å². The van der Waals surface area contributed by atoms with Crippen molar-refractivity contribution in [3.8, 4) is 0 Å². The van der Waals surface area contributed by atoms with Gasteiger partial charge in [0.1, 0.15) is 5.82 Å². The molecule has 2 atom stereocenters. The van der Waals surface area contributed by atoms with Crippen LogP contribution in [0.4, 0.5) is 4.39 Å². The van der Waals surface area contributed by atoms with Crippen LogP contribution in [0.5, 0.6) is 0 Å². The fourth-order valence-corrected chi connectivity index (χ4v) is 2.65. The molecule has 16 heavy (non-hydrogen) atoms. The zero-order valence-electron chi connectivity index (χ0n) is 10.0. The Morgan fingerprint density at radius 1 is 1.38 bits per heavy atom. The second-order valence-corrected chi connectivity index (χ2v) is 5.19. The Labute approximate surface area is 101 Å². The molecule has 0 aliphatic rings. The summed E-state index contributed by atoms with van der Waals surface area (Å²) < 4.78 is 13.6. The van der Waals surface area contributed by atoms with E-state index in [-0.39, 0.29) is 5.82 Å². The van der Waals surface area contributed by atoms with Gasteiger partial charge in [-0.15, -0.1) is 11.8 Å². The molecule has 0 aliphatic heterocycles. The first-order chi connectivity index (χ1) is 7.56. The summed E-state index contributed by atoms with van der Waals surface area (Å²) in [6.07, 6.45) is 0.473. The van der Waals surface area contributed by atoms with Gasteiger partial charge in [0.25, 0.3) is 0 Å². The van der Waals surface area contributed by atoms with Gasteiger partial charge >= 0.3 is 0 Å². The standard InChI is InChI=1S/C13H19FOS/c1-4-9(2)8-16-13-11(10(3)15)6-5-7-12(13)14/h5-7,9-10,15H,4,8H2,1-3H3/t9?,10-/m1/s1. The highest BCUT2D eigenvalue weighted by molar-refractivity contribution is 7.99. The van der Waals surface area contributed by atoms with E-state index in [4.69, 9.17) is 0 Å². The van der Waals surface area contributed by atoms with Crippen molar-refractivity contribution in [2.75, 3.05) is 5.75 Å². The lowest BCUT2D eigenvalue weighted by Crippen LogP contribution is -2.00. The highest BCUT2D eigenvalue weighted by atomic mass is 32.2. The van der Waals surface area contributed by atoms with Crippen molar-refractivity contribution in [2.24, 2.45) is 5.92 Å². The summed E-state index contributed by atoms with van der Waals surface area (Å²) in [6, 6.07) is 4.88. The Balaban J connectivity index is 2.84. The predicted octanol–water partition coefficient (Wildman–Crippen LogP) is 4.02. The fourth-order valence-electron chi connectivity index (χ4n) is 1.35. The SMILES string of the molecule is CCC(C)CSc1c(F)cccc1[C@@H](C)O. The van der Waals surface area contributed by atoms with Crippen molar-refractivity contribution in [2.45, 2.75) is 38.2 Å². The lowest BCUT2D eigenvalue weighted by molar-refractivity contribution is 0.195. The third-order valence-corrected chi connectivity index (χ3v) is 4.11. The van der Waals surface area contributed by atoms with Crippen molar-refractivity contribution in [3.63, 3.8) is 0 Å². The molecule has 0 aliphatic carbocycles. The number of thioether (sulfide) groups is 1. The van der Waals surface area contributed by atoms with Crippen molar-refractivity contribution < 1.29 is 9.50 Å². The van der Waals surface area contributed by atoms with Gasteiger partial charge in [-0.05, 0) is 24.5 Å². The zero-order valence-corrected chi connectivity index (χ0v) is 10.9. The van der Waals surface area contributed by atoms with E-state index in [9.17, 15) is 9.50 Å². The highest BCUT2D eigenvalue weighted by Gasteiger charge is 2.13. The number of hydrogen-bond acceptors (Lipinski definition) is 2. The van der Waals surface area contributed by atoms with Gasteiger partial charge in [0.2, 0.25) is 0 Å². The van der Waals surface area contributed by atoms with Crippen LogP contribution in [0, 0.1) is 11.7 Å². The molecule has 1 N–H and O–H groups in total. The minimum atomic E-state index is -0.616. The van der Waals surface area contributed by atoms with Crippen LogP contribution in [0.3, 0.4) is 0 Å². The molecular weight excluding hydrogens is 223 g/mol. The van der Waals surface area contributed by atoms with E-state index < -0.39 is 6.10 Å². The molecule has 1 rings (SSSR count). The molecule has 90 valence electrons. The average molecular weight is 242 g/mol. The minimum absolute atomic E-state index is 0.230. The smallest absolute Gasteiger partial charge is 0.137 e. The van der Waals surface area contributed by atoms with E-state index in [1.165, 1.54) is 17.8 Å². The quantitative estimate of drug-likeness (QED) is 0.787. The minimum Gasteiger partial charge on any atom is -0.389 e. The number of aliphatic hydroxyl groups is 1. The van der Waals surface area contributed by atoms with Crippen LogP contribution in [0.2, 0.25) is 0 Å². The number of aliphatic hydroxyl groups excluding tert-OH is 1. The lowest BCUT2D eigenvalue weighted by Gasteiger charge is -2.14. The summed E-state index contributed by atoms with van der Waals surface area (Å²) in [4.78, 5) is 0.595. The molecular formula is C13H19FOS. The topological polar surface area (TPSA) is 20.2 Å². The molecule has 3 heteroatoms. The summed E-state index contributed by atoms with van der Waals surface area (Å²) in [7, 11) is 0. The van der Waals surface area contributed by atoms with E-state index in [1.54, 1.807) is 19.1 Å². The normalized spacial score (nSPS) is 14.8. The molecule has 1 nitrogen and oxygen atoms in total. The van der Waals surface area contributed by atoms with Gasteiger partial charge in [0.15, 0.2) is 0 Å². The fraction of sp³-hybridized carbons (Fsp3) is 0.538. The predicted molar refractivity (Wildman–Crippen MR) is 67.2 cm³/mol. The molecule has 0 bridgehead atoms. The Kier molecular flexibility index (Phi) is 5.29. The molecule has 1 aromatic carbocycles. The van der Waals surface area contributed by atoms with Crippen LogP contribution < -0.4 is 0 Å². The van der Waals surface area contributed by atoms with Crippen LogP contribution in [-0.2, 0) is 0 Å². The highest BCUT2D eigenvalue weighted by Crippen LogP contribution is 2.31. The summed E-state index contributed by atoms with van der Waals surface area (Å²) in [5.41, 5.74) is 0.688. The van der Waals surface area contributed by atoms with Gasteiger partial charge < -0.3 is 5.11 Å². The van der Waals surface area contributed by atoms with Gasteiger partial charge in [0.05, 0.1) is 6.10 Å². The van der Waals surface area contributed by atoms with Crippen LogP contribution in [-0.4, -0.2) is 10.9 Å². The van der Waals surface area contributed by atoms with E-state index in [0.717, 1.165) is 12.2 Å². The molecule has 1 unspecified atom stereocenters. The first kappa shape index (κ1) is 13.5. The molecule has 1 aromatic rings. The summed E-state index contributed by atoms with van der Waals surface area (Å²) in [5, 5.41) is 9.57. The molecule has 0 saturated carbocycles. The summed E-state index contributed by atoms with van der Waals surface area (Å²) in [5.74, 6) is 1.22. The molecule has 0 amide bonds. The molecule has 0 heterocycles. The van der Waals surface area contributed by atoms with E-state index >= 15 is 0 Å². The molecule has 0 spiro atoms. The Morgan fingerprint density at radius 2 is 2.06 bits per heavy atom. The Bertz CT molecular complexity index is 339. The van der Waals surface area contributed by atoms with Crippen molar-refractivity contribution in [1.82, 2.24) is 0 Å². The zero-order chi connectivity index (χ0) is 12.1. The molecule has 0 saturated heterocycles. The van der Waals surface area contributed by atoms with Crippen molar-refractivity contribution in [1.29, 1.82) is 0 Å². The van der Waals surface area contributed by atoms with Crippen LogP contribution in [0.25, 0.3) is 0 Å². The second-order valence-electron chi connectivity index (χ2n) is 4.16.